The van der Waals surface area contributed by atoms with E-state index >= 15 is 0 Å². The average Bonchev–Trinajstić information content (AvgIpc) is 2.74. The second kappa shape index (κ2) is 5.54. The minimum absolute atomic E-state index is 0.0138. The Labute approximate surface area is 100.0 Å². The van der Waals surface area contributed by atoms with Crippen LogP contribution in [-0.2, 0) is 0 Å². The Balaban J connectivity index is 2.36. The topological polar surface area (TPSA) is 35.5 Å². The summed E-state index contributed by atoms with van der Waals surface area (Å²) in [5.41, 5.74) is -0.406. The van der Waals surface area contributed by atoms with Crippen LogP contribution in [0.1, 0.15) is 19.8 Å². The molecule has 0 spiro atoms. The number of likely N-dealkylation sites (N-methyl/N-ethyl adjacent to an activating group) is 1. The van der Waals surface area contributed by atoms with E-state index in [1.807, 2.05) is 11.8 Å². The van der Waals surface area contributed by atoms with E-state index in [-0.39, 0.29) is 19.6 Å². The van der Waals surface area contributed by atoms with Gasteiger partial charge in [0.1, 0.15) is 0 Å². The summed E-state index contributed by atoms with van der Waals surface area (Å²) in [6.07, 6.45) is -3.23. The normalized spacial score (nSPS) is 26.1. The van der Waals surface area contributed by atoms with Crippen molar-refractivity contribution in [1.82, 2.24) is 10.2 Å². The van der Waals surface area contributed by atoms with Crippen LogP contribution in [0, 0.1) is 5.92 Å². The lowest BCUT2D eigenvalue weighted by atomic mass is 9.99. The van der Waals surface area contributed by atoms with E-state index in [9.17, 15) is 18.3 Å². The molecule has 2 N–H and O–H groups in total. The molecule has 1 fully saturated rings. The molecule has 1 heterocycles. The lowest BCUT2D eigenvalue weighted by molar-refractivity contribution is -0.170. The molecule has 0 bridgehead atoms. The summed E-state index contributed by atoms with van der Waals surface area (Å²) in [5.74, 6) is -1.18. The fourth-order valence-corrected chi connectivity index (χ4v) is 1.99. The number of hydrogen-bond acceptors (Lipinski definition) is 3. The van der Waals surface area contributed by atoms with Gasteiger partial charge in [-0.2, -0.15) is 13.2 Å². The van der Waals surface area contributed by atoms with E-state index in [4.69, 9.17) is 0 Å². The number of nitrogens with zero attached hydrogens (tertiary/aromatic N) is 1. The molecule has 1 saturated heterocycles. The molecule has 0 aromatic heterocycles. The highest BCUT2D eigenvalue weighted by atomic mass is 19.4. The summed E-state index contributed by atoms with van der Waals surface area (Å²) in [6, 6.07) is 0. The number of rotatable bonds is 5. The van der Waals surface area contributed by atoms with Gasteiger partial charge in [-0.15, -0.1) is 0 Å². The van der Waals surface area contributed by atoms with Crippen LogP contribution in [0.3, 0.4) is 0 Å². The number of aliphatic hydroxyl groups is 1. The minimum atomic E-state index is -4.07. The van der Waals surface area contributed by atoms with Crippen molar-refractivity contribution in [3.63, 3.8) is 0 Å². The summed E-state index contributed by atoms with van der Waals surface area (Å²) >= 11 is 0. The number of halogens is 3. The predicted octanol–water partition coefficient (Wildman–Crippen LogP) is 1.23. The summed E-state index contributed by atoms with van der Waals surface area (Å²) in [7, 11) is 1.75. The molecule has 0 saturated carbocycles. The molecule has 0 aliphatic carbocycles. The Bertz CT molecular complexity index is 241. The molecular formula is C11H21F3N2O. The standard InChI is InChI=1S/C11H21F3N2O/c1-10(8-17,15-2)4-6-16-5-3-9(7-16)11(12,13)14/h9,15,17H,3-8H2,1-2H3. The van der Waals surface area contributed by atoms with Crippen LogP contribution >= 0.6 is 0 Å². The fraction of sp³-hybridized carbons (Fsp3) is 1.00. The van der Waals surface area contributed by atoms with Crippen LogP contribution in [0.4, 0.5) is 13.2 Å². The Kier molecular flexibility index (Phi) is 4.80. The molecule has 102 valence electrons. The van der Waals surface area contributed by atoms with Gasteiger partial charge in [-0.3, -0.25) is 0 Å². The van der Waals surface area contributed by atoms with E-state index in [0.29, 0.717) is 19.5 Å². The molecule has 2 unspecified atom stereocenters. The van der Waals surface area contributed by atoms with Gasteiger partial charge in [0.15, 0.2) is 0 Å². The van der Waals surface area contributed by atoms with Gasteiger partial charge in [-0.25, -0.2) is 0 Å². The van der Waals surface area contributed by atoms with Crippen LogP contribution in [0.2, 0.25) is 0 Å². The predicted molar refractivity (Wildman–Crippen MR) is 59.8 cm³/mol. The van der Waals surface area contributed by atoms with Gasteiger partial charge in [-0.1, -0.05) is 0 Å². The van der Waals surface area contributed by atoms with Crippen LogP contribution in [-0.4, -0.2) is 55.0 Å². The third kappa shape index (κ3) is 4.12. The van der Waals surface area contributed by atoms with E-state index in [1.54, 1.807) is 7.05 Å². The fourth-order valence-electron chi connectivity index (χ4n) is 1.99. The van der Waals surface area contributed by atoms with E-state index in [0.717, 1.165) is 0 Å². The number of hydrogen-bond donors (Lipinski definition) is 2. The molecule has 0 aromatic carbocycles. The lowest BCUT2D eigenvalue weighted by Crippen LogP contribution is -2.46. The van der Waals surface area contributed by atoms with E-state index < -0.39 is 17.6 Å². The van der Waals surface area contributed by atoms with Crippen molar-refractivity contribution in [3.8, 4) is 0 Å². The van der Waals surface area contributed by atoms with Gasteiger partial charge in [0.2, 0.25) is 0 Å². The van der Waals surface area contributed by atoms with Crippen LogP contribution in [0.25, 0.3) is 0 Å². The maximum atomic E-state index is 12.5. The smallest absolute Gasteiger partial charge is 0.393 e. The molecule has 17 heavy (non-hydrogen) atoms. The third-order valence-corrected chi connectivity index (χ3v) is 3.67. The Hall–Kier alpha value is -0.330. The first-order valence-electron chi connectivity index (χ1n) is 5.89. The highest BCUT2D eigenvalue weighted by Crippen LogP contribution is 2.33. The zero-order chi connectivity index (χ0) is 13.1. The molecule has 1 aliphatic rings. The molecule has 3 nitrogen and oxygen atoms in total. The molecule has 0 radical (unpaired) electrons. The SMILES string of the molecule is CNC(C)(CO)CCN1CCC(C(F)(F)F)C1. The maximum Gasteiger partial charge on any atom is 0.393 e. The Morgan fingerprint density at radius 1 is 1.41 bits per heavy atom. The first kappa shape index (κ1) is 14.7. The minimum Gasteiger partial charge on any atom is -0.394 e. The van der Waals surface area contributed by atoms with Gasteiger partial charge in [0, 0.05) is 12.1 Å². The Morgan fingerprint density at radius 3 is 2.47 bits per heavy atom. The largest absolute Gasteiger partial charge is 0.394 e. The second-order valence-electron chi connectivity index (χ2n) is 5.05. The first-order chi connectivity index (χ1) is 7.80. The molecule has 1 aliphatic heterocycles. The quantitative estimate of drug-likeness (QED) is 0.774. The van der Waals surface area contributed by atoms with Crippen molar-refractivity contribution in [2.45, 2.75) is 31.5 Å². The average molecular weight is 254 g/mol. The number of alkyl halides is 3. The highest BCUT2D eigenvalue weighted by Gasteiger charge is 2.43. The van der Waals surface area contributed by atoms with Gasteiger partial charge >= 0.3 is 6.18 Å². The molecular weight excluding hydrogens is 233 g/mol. The third-order valence-electron chi connectivity index (χ3n) is 3.67. The van der Waals surface area contributed by atoms with Crippen molar-refractivity contribution < 1.29 is 18.3 Å². The van der Waals surface area contributed by atoms with Gasteiger partial charge < -0.3 is 15.3 Å². The molecule has 0 amide bonds. The van der Waals surface area contributed by atoms with Crippen molar-refractivity contribution in [2.75, 3.05) is 33.3 Å². The van der Waals surface area contributed by atoms with Crippen molar-refractivity contribution in [2.24, 2.45) is 5.92 Å². The maximum absolute atomic E-state index is 12.5. The number of aliphatic hydroxyl groups excluding tert-OH is 1. The van der Waals surface area contributed by atoms with Crippen LogP contribution < -0.4 is 5.32 Å². The lowest BCUT2D eigenvalue weighted by Gasteiger charge is -2.29. The molecule has 2 atom stereocenters. The molecule has 1 rings (SSSR count). The zero-order valence-corrected chi connectivity index (χ0v) is 10.3. The first-order valence-corrected chi connectivity index (χ1v) is 5.89. The monoisotopic (exact) mass is 254 g/mol. The van der Waals surface area contributed by atoms with Crippen LogP contribution in [0.5, 0.6) is 0 Å². The van der Waals surface area contributed by atoms with Crippen molar-refractivity contribution in [1.29, 1.82) is 0 Å². The van der Waals surface area contributed by atoms with E-state index in [1.165, 1.54) is 0 Å². The summed E-state index contributed by atoms with van der Waals surface area (Å²) in [6.45, 7) is 3.03. The van der Waals surface area contributed by atoms with Gasteiger partial charge in [-0.05, 0) is 39.9 Å². The van der Waals surface area contributed by atoms with Gasteiger partial charge in [0.05, 0.1) is 12.5 Å². The van der Waals surface area contributed by atoms with E-state index in [2.05, 4.69) is 5.32 Å². The summed E-state index contributed by atoms with van der Waals surface area (Å²) in [5, 5.41) is 12.2. The zero-order valence-electron chi connectivity index (χ0n) is 10.3. The number of nitrogens with one attached hydrogen (secondary N) is 1. The van der Waals surface area contributed by atoms with Crippen LogP contribution in [0.15, 0.2) is 0 Å². The molecule has 0 aromatic rings. The summed E-state index contributed by atoms with van der Waals surface area (Å²) in [4.78, 5) is 1.82. The highest BCUT2D eigenvalue weighted by molar-refractivity contribution is 4.85. The van der Waals surface area contributed by atoms with Crippen molar-refractivity contribution in [3.05, 3.63) is 0 Å². The second-order valence-corrected chi connectivity index (χ2v) is 5.05. The Morgan fingerprint density at radius 2 is 2.06 bits per heavy atom. The van der Waals surface area contributed by atoms with Crippen molar-refractivity contribution >= 4 is 0 Å². The summed E-state index contributed by atoms with van der Waals surface area (Å²) < 4.78 is 37.4. The molecule has 6 heteroatoms. The van der Waals surface area contributed by atoms with Gasteiger partial charge in [0.25, 0.3) is 0 Å². The number of likely N-dealkylation sites (tertiary alicyclic amines) is 1.